The molecule has 4 N–H and O–H groups in total. The number of amides is 2. The SMILES string of the molecule is CC(C)(C)OC(=O)NC(=NCN)NC(=O)OC(C)(C)C. The Bertz CT molecular complexity index is 348. The monoisotopic (exact) mass is 288 g/mol. The van der Waals surface area contributed by atoms with Gasteiger partial charge >= 0.3 is 12.2 Å². The first kappa shape index (κ1) is 18.2. The highest BCUT2D eigenvalue weighted by molar-refractivity contribution is 6.01. The van der Waals surface area contributed by atoms with Crippen molar-refractivity contribution in [1.82, 2.24) is 10.6 Å². The number of carbonyl (C=O) groups is 2. The molecule has 2 amide bonds. The number of ether oxygens (including phenoxy) is 2. The zero-order valence-corrected chi connectivity index (χ0v) is 12.9. The van der Waals surface area contributed by atoms with Crippen molar-refractivity contribution in [3.63, 3.8) is 0 Å². The molecule has 0 aliphatic rings. The van der Waals surface area contributed by atoms with E-state index in [1.54, 1.807) is 41.5 Å². The van der Waals surface area contributed by atoms with Crippen LogP contribution < -0.4 is 16.4 Å². The summed E-state index contributed by atoms with van der Waals surface area (Å²) in [6.07, 6.45) is -1.50. The summed E-state index contributed by atoms with van der Waals surface area (Å²) in [7, 11) is 0. The van der Waals surface area contributed by atoms with Crippen molar-refractivity contribution < 1.29 is 19.1 Å². The van der Waals surface area contributed by atoms with E-state index in [2.05, 4.69) is 15.6 Å². The molecule has 0 fully saturated rings. The number of aliphatic imine (C=N–C) groups is 1. The molecule has 0 bridgehead atoms. The van der Waals surface area contributed by atoms with E-state index in [1.807, 2.05) is 0 Å². The Morgan fingerprint density at radius 3 is 1.55 bits per heavy atom. The summed E-state index contributed by atoms with van der Waals surface area (Å²) in [4.78, 5) is 26.9. The van der Waals surface area contributed by atoms with Gasteiger partial charge in [0.15, 0.2) is 0 Å². The lowest BCUT2D eigenvalue weighted by molar-refractivity contribution is 0.0545. The molecule has 0 aliphatic heterocycles. The standard InChI is InChI=1S/C12H24N4O4/c1-11(2,3)19-9(17)15-8(14-7-13)16-10(18)20-12(4,5)6/h7,13H2,1-6H3,(H2,14,15,16,17,18). The van der Waals surface area contributed by atoms with Crippen LogP contribution in [0.4, 0.5) is 9.59 Å². The number of nitrogens with zero attached hydrogens (tertiary/aromatic N) is 1. The molecule has 116 valence electrons. The van der Waals surface area contributed by atoms with Crippen LogP contribution >= 0.6 is 0 Å². The molecule has 0 atom stereocenters. The minimum Gasteiger partial charge on any atom is -0.444 e. The average molecular weight is 288 g/mol. The first-order chi connectivity index (χ1) is 8.93. The Morgan fingerprint density at radius 2 is 1.30 bits per heavy atom. The van der Waals surface area contributed by atoms with Gasteiger partial charge in [0.2, 0.25) is 5.96 Å². The lowest BCUT2D eigenvalue weighted by Crippen LogP contribution is -2.47. The van der Waals surface area contributed by atoms with Crippen LogP contribution in [-0.2, 0) is 9.47 Å². The van der Waals surface area contributed by atoms with Gasteiger partial charge in [0.25, 0.3) is 0 Å². The third-order valence-electron chi connectivity index (χ3n) is 1.49. The maximum absolute atomic E-state index is 11.6. The van der Waals surface area contributed by atoms with E-state index in [4.69, 9.17) is 15.2 Å². The van der Waals surface area contributed by atoms with Crippen LogP contribution in [0.3, 0.4) is 0 Å². The van der Waals surface area contributed by atoms with E-state index in [1.165, 1.54) is 0 Å². The fraction of sp³-hybridized carbons (Fsp3) is 0.750. The normalized spacial score (nSPS) is 11.3. The molecule has 0 saturated heterocycles. The molecule has 0 unspecified atom stereocenters. The minimum absolute atomic E-state index is 0.110. The number of nitrogens with two attached hydrogens (primary N) is 1. The molecule has 0 heterocycles. The third-order valence-corrected chi connectivity index (χ3v) is 1.49. The highest BCUT2D eigenvalue weighted by Gasteiger charge is 2.20. The van der Waals surface area contributed by atoms with Gasteiger partial charge in [-0.3, -0.25) is 10.6 Å². The van der Waals surface area contributed by atoms with Gasteiger partial charge in [-0.1, -0.05) is 0 Å². The largest absolute Gasteiger partial charge is 0.444 e. The lowest BCUT2D eigenvalue weighted by Gasteiger charge is -2.22. The van der Waals surface area contributed by atoms with E-state index in [0.717, 1.165) is 0 Å². The quantitative estimate of drug-likeness (QED) is 0.497. The van der Waals surface area contributed by atoms with Crippen molar-refractivity contribution in [2.75, 3.05) is 6.67 Å². The number of alkyl carbamates (subject to hydrolysis) is 2. The fourth-order valence-electron chi connectivity index (χ4n) is 1.00. The molecule has 0 aromatic heterocycles. The molecule has 0 aromatic carbocycles. The first-order valence-corrected chi connectivity index (χ1v) is 6.17. The van der Waals surface area contributed by atoms with Crippen LogP contribution in [0.5, 0.6) is 0 Å². The summed E-state index contributed by atoms with van der Waals surface area (Å²) in [6.45, 7) is 10.2. The minimum atomic E-state index is -0.749. The second-order valence-corrected chi connectivity index (χ2v) is 5.94. The molecule has 8 nitrogen and oxygen atoms in total. The van der Waals surface area contributed by atoms with Gasteiger partial charge in [-0.25, -0.2) is 14.6 Å². The molecule has 0 aliphatic carbocycles. The summed E-state index contributed by atoms with van der Waals surface area (Å²) in [5.74, 6) is -0.129. The van der Waals surface area contributed by atoms with Crippen molar-refractivity contribution in [3.8, 4) is 0 Å². The summed E-state index contributed by atoms with van der Waals surface area (Å²) in [5.41, 5.74) is 3.94. The maximum Gasteiger partial charge on any atom is 0.414 e. The zero-order valence-electron chi connectivity index (χ0n) is 12.9. The molecule has 0 spiro atoms. The Labute approximate surface area is 119 Å². The maximum atomic E-state index is 11.6. The highest BCUT2D eigenvalue weighted by atomic mass is 16.6. The van der Waals surface area contributed by atoms with E-state index in [9.17, 15) is 9.59 Å². The Balaban J connectivity index is 4.57. The molecule has 0 rings (SSSR count). The topological polar surface area (TPSA) is 115 Å². The van der Waals surface area contributed by atoms with Crippen LogP contribution in [0.25, 0.3) is 0 Å². The summed E-state index contributed by atoms with van der Waals surface area (Å²) >= 11 is 0. The van der Waals surface area contributed by atoms with Gasteiger partial charge < -0.3 is 15.2 Å². The summed E-state index contributed by atoms with van der Waals surface area (Å²) < 4.78 is 10.1. The predicted molar refractivity (Wildman–Crippen MR) is 75.2 cm³/mol. The molecule has 0 radical (unpaired) electrons. The third kappa shape index (κ3) is 10.1. The first-order valence-electron chi connectivity index (χ1n) is 6.17. The van der Waals surface area contributed by atoms with Crippen LogP contribution in [0, 0.1) is 0 Å². The molecule has 0 saturated carbocycles. The van der Waals surface area contributed by atoms with Gasteiger partial charge in [-0.2, -0.15) is 0 Å². The van der Waals surface area contributed by atoms with Crippen LogP contribution in [0.15, 0.2) is 4.99 Å². The average Bonchev–Trinajstić information content (AvgIpc) is 2.10. The fourth-order valence-corrected chi connectivity index (χ4v) is 1.00. The molecule has 8 heteroatoms. The number of nitrogens with one attached hydrogen (secondary N) is 2. The van der Waals surface area contributed by atoms with Crippen molar-refractivity contribution in [1.29, 1.82) is 0 Å². The van der Waals surface area contributed by atoms with Crippen LogP contribution in [-0.4, -0.2) is 36.0 Å². The van der Waals surface area contributed by atoms with Gasteiger partial charge in [0.1, 0.15) is 11.2 Å². The van der Waals surface area contributed by atoms with E-state index in [0.29, 0.717) is 0 Å². The number of carbonyl (C=O) groups excluding carboxylic acids is 2. The number of guanidine groups is 1. The Kier molecular flexibility index (Phi) is 6.44. The van der Waals surface area contributed by atoms with Gasteiger partial charge in [-0.05, 0) is 41.5 Å². The van der Waals surface area contributed by atoms with Gasteiger partial charge in [0.05, 0.1) is 6.67 Å². The van der Waals surface area contributed by atoms with Crippen molar-refractivity contribution in [2.24, 2.45) is 10.7 Å². The van der Waals surface area contributed by atoms with Crippen molar-refractivity contribution in [3.05, 3.63) is 0 Å². The van der Waals surface area contributed by atoms with Crippen LogP contribution in [0.2, 0.25) is 0 Å². The lowest BCUT2D eigenvalue weighted by atomic mass is 10.2. The summed E-state index contributed by atoms with van der Waals surface area (Å²) in [5, 5.41) is 4.58. The summed E-state index contributed by atoms with van der Waals surface area (Å²) in [6, 6.07) is 0. The van der Waals surface area contributed by atoms with Crippen LogP contribution in [0.1, 0.15) is 41.5 Å². The van der Waals surface area contributed by atoms with E-state index < -0.39 is 23.4 Å². The second-order valence-electron chi connectivity index (χ2n) is 5.94. The Hall–Kier alpha value is -1.83. The van der Waals surface area contributed by atoms with E-state index >= 15 is 0 Å². The second kappa shape index (κ2) is 7.09. The molecular formula is C12H24N4O4. The zero-order chi connectivity index (χ0) is 16.0. The highest BCUT2D eigenvalue weighted by Crippen LogP contribution is 2.07. The number of hydrogen-bond donors (Lipinski definition) is 3. The number of rotatable bonds is 1. The van der Waals surface area contributed by atoms with Gasteiger partial charge in [0, 0.05) is 0 Å². The van der Waals surface area contributed by atoms with E-state index in [-0.39, 0.29) is 12.6 Å². The van der Waals surface area contributed by atoms with Crippen molar-refractivity contribution in [2.45, 2.75) is 52.7 Å². The molecule has 20 heavy (non-hydrogen) atoms. The molecular weight excluding hydrogens is 264 g/mol. The van der Waals surface area contributed by atoms with Crippen molar-refractivity contribution >= 4 is 18.1 Å². The predicted octanol–water partition coefficient (Wildman–Crippen LogP) is 1.31. The Morgan fingerprint density at radius 1 is 0.950 bits per heavy atom. The number of hydrogen-bond acceptors (Lipinski definition) is 6. The molecule has 0 aromatic rings. The smallest absolute Gasteiger partial charge is 0.414 e. The van der Waals surface area contributed by atoms with Gasteiger partial charge in [-0.15, -0.1) is 0 Å².